The number of hydrogen-bond donors (Lipinski definition) is 7. The Morgan fingerprint density at radius 2 is 1.76 bits per heavy atom. The van der Waals surface area contributed by atoms with Crippen molar-refractivity contribution in [2.24, 2.45) is 0 Å². The molecule has 3 rings (SSSR count). The second-order valence-electron chi connectivity index (χ2n) is 8.15. The molecule has 0 aromatic carbocycles. The van der Waals surface area contributed by atoms with Crippen LogP contribution in [0.5, 0.6) is 0 Å². The quantitative estimate of drug-likeness (QED) is 0.142. The highest BCUT2D eigenvalue weighted by Gasteiger charge is 2.43. The Morgan fingerprint density at radius 1 is 1.03 bits per heavy atom. The van der Waals surface area contributed by atoms with Gasteiger partial charge in [-0.1, -0.05) is 11.8 Å². The Bertz CT molecular complexity index is 981. The Kier molecular flexibility index (Phi) is 9.37. The van der Waals surface area contributed by atoms with Crippen LogP contribution in [0.15, 0.2) is 15.8 Å². The van der Waals surface area contributed by atoms with Gasteiger partial charge in [0.15, 0.2) is 6.29 Å². The third-order valence-electron chi connectivity index (χ3n) is 5.71. The molecule has 8 atom stereocenters. The molecule has 7 N–H and O–H groups in total. The van der Waals surface area contributed by atoms with E-state index in [4.69, 9.17) is 14.2 Å². The maximum absolute atomic E-state index is 12.1. The van der Waals surface area contributed by atoms with Crippen LogP contribution in [-0.2, 0) is 14.2 Å². The van der Waals surface area contributed by atoms with Gasteiger partial charge >= 0.3 is 5.69 Å². The number of unbranched alkanes of at least 4 members (excludes halogenated alkanes) is 2. The summed E-state index contributed by atoms with van der Waals surface area (Å²) in [5, 5.41) is 57.6. The fourth-order valence-electron chi connectivity index (χ4n) is 3.72. The molecule has 1 aromatic rings. The summed E-state index contributed by atoms with van der Waals surface area (Å²) in [6, 6.07) is 0. The number of rotatable bonds is 8. The summed E-state index contributed by atoms with van der Waals surface area (Å²) in [4.78, 5) is 26.3. The number of ether oxygens (including phenoxy) is 3. The van der Waals surface area contributed by atoms with Crippen molar-refractivity contribution in [1.82, 2.24) is 9.55 Å². The maximum atomic E-state index is 12.1. The van der Waals surface area contributed by atoms with Crippen molar-refractivity contribution < 1.29 is 44.8 Å². The second kappa shape index (κ2) is 12.0. The van der Waals surface area contributed by atoms with E-state index in [-0.39, 0.29) is 18.6 Å². The molecule has 0 saturated carbocycles. The molecule has 190 valence electrons. The molecular formula is C21H30N2O11. The maximum Gasteiger partial charge on any atom is 0.330 e. The summed E-state index contributed by atoms with van der Waals surface area (Å²) in [5.41, 5.74) is -1.32. The number of aliphatic hydroxyl groups is 6. The highest BCUT2D eigenvalue weighted by molar-refractivity contribution is 5.29. The lowest BCUT2D eigenvalue weighted by Crippen LogP contribution is -2.59. The van der Waals surface area contributed by atoms with E-state index in [1.165, 1.54) is 6.20 Å². The number of aliphatic hydroxyl groups excluding tert-OH is 6. The summed E-state index contributed by atoms with van der Waals surface area (Å²) in [6.07, 6.45) is -6.43. The van der Waals surface area contributed by atoms with Gasteiger partial charge in [0.1, 0.15) is 42.3 Å². The summed E-state index contributed by atoms with van der Waals surface area (Å²) < 4.78 is 17.2. The molecule has 3 heterocycles. The minimum absolute atomic E-state index is 0.0442. The number of nitrogens with one attached hydrogen (secondary N) is 1. The van der Waals surface area contributed by atoms with Gasteiger partial charge in [-0.25, -0.2) is 4.79 Å². The summed E-state index contributed by atoms with van der Waals surface area (Å²) in [7, 11) is 0. The first-order valence-corrected chi connectivity index (χ1v) is 11.0. The standard InChI is InChI=1S/C21H30N2O11/c24-9-13-12(26)7-15(33-13)23-8-11(19(30)22-21(23)31)5-3-1-2-4-6-32-20-18(29)17(28)16(27)14(10-25)34-20/h8,12-18,20,24-29H,1-2,4,6-7,9-10H2,(H,22,30,31)/t12-,13+,14+,15+,16-,17-,18+,20+/m0/s1. The van der Waals surface area contributed by atoms with E-state index in [0.717, 1.165) is 4.57 Å². The van der Waals surface area contributed by atoms with Gasteiger partial charge in [-0.05, 0) is 12.8 Å². The van der Waals surface area contributed by atoms with Crippen LogP contribution in [0.2, 0.25) is 0 Å². The average molecular weight is 486 g/mol. The van der Waals surface area contributed by atoms with Crippen molar-refractivity contribution in [1.29, 1.82) is 0 Å². The van der Waals surface area contributed by atoms with Gasteiger partial charge in [-0.15, -0.1) is 0 Å². The van der Waals surface area contributed by atoms with Crippen LogP contribution in [0.25, 0.3) is 0 Å². The van der Waals surface area contributed by atoms with E-state index in [2.05, 4.69) is 16.8 Å². The van der Waals surface area contributed by atoms with E-state index in [9.17, 15) is 40.2 Å². The van der Waals surface area contributed by atoms with Crippen LogP contribution in [0.1, 0.15) is 37.5 Å². The molecular weight excluding hydrogens is 456 g/mol. The highest BCUT2D eigenvalue weighted by atomic mass is 16.7. The Balaban J connectivity index is 1.49. The Hall–Kier alpha value is -2.12. The average Bonchev–Trinajstić information content (AvgIpc) is 3.19. The molecule has 0 amide bonds. The largest absolute Gasteiger partial charge is 0.394 e. The summed E-state index contributed by atoms with van der Waals surface area (Å²) >= 11 is 0. The zero-order valence-electron chi connectivity index (χ0n) is 18.3. The lowest BCUT2D eigenvalue weighted by atomic mass is 9.99. The molecule has 0 unspecified atom stereocenters. The van der Waals surface area contributed by atoms with Crippen LogP contribution in [0, 0.1) is 11.8 Å². The van der Waals surface area contributed by atoms with Crippen LogP contribution >= 0.6 is 0 Å². The molecule has 2 saturated heterocycles. The predicted molar refractivity (Wildman–Crippen MR) is 113 cm³/mol. The highest BCUT2D eigenvalue weighted by Crippen LogP contribution is 2.27. The second-order valence-corrected chi connectivity index (χ2v) is 8.15. The van der Waals surface area contributed by atoms with Gasteiger partial charge in [0.25, 0.3) is 5.56 Å². The number of aromatic nitrogens is 2. The SMILES string of the molecule is O=c1[nH]c(=O)n([C@H]2C[C@H](O)[C@@H](CO)O2)cc1C#CCCCCO[C@@H]1O[C@H](CO)[C@H](O)[C@H](O)[C@H]1O. The molecule has 34 heavy (non-hydrogen) atoms. The molecule has 1 aromatic heterocycles. The molecule has 2 fully saturated rings. The molecule has 0 spiro atoms. The van der Waals surface area contributed by atoms with E-state index in [1.54, 1.807) is 0 Å². The molecule has 13 nitrogen and oxygen atoms in total. The molecule has 0 bridgehead atoms. The smallest absolute Gasteiger partial charge is 0.330 e. The number of hydrogen-bond acceptors (Lipinski definition) is 11. The Morgan fingerprint density at radius 3 is 2.44 bits per heavy atom. The van der Waals surface area contributed by atoms with E-state index >= 15 is 0 Å². The molecule has 13 heteroatoms. The van der Waals surface area contributed by atoms with E-state index in [0.29, 0.717) is 19.3 Å². The first-order chi connectivity index (χ1) is 16.3. The van der Waals surface area contributed by atoms with Gasteiger partial charge < -0.3 is 44.8 Å². The van der Waals surface area contributed by atoms with Gasteiger partial charge in [-0.3, -0.25) is 14.3 Å². The number of H-pyrrole nitrogens is 1. The fourth-order valence-corrected chi connectivity index (χ4v) is 3.72. The number of nitrogens with zero attached hydrogens (tertiary/aromatic N) is 1. The lowest BCUT2D eigenvalue weighted by Gasteiger charge is -2.39. The third kappa shape index (κ3) is 6.11. The van der Waals surface area contributed by atoms with Crippen molar-refractivity contribution >= 4 is 0 Å². The first kappa shape index (κ1) is 26.5. The fraction of sp³-hybridized carbons (Fsp3) is 0.714. The van der Waals surface area contributed by atoms with Gasteiger partial charge in [0.05, 0.1) is 19.3 Å². The zero-order chi connectivity index (χ0) is 24.8. The van der Waals surface area contributed by atoms with Gasteiger partial charge in [-0.2, -0.15) is 0 Å². The minimum atomic E-state index is -1.50. The van der Waals surface area contributed by atoms with Gasteiger partial charge in [0.2, 0.25) is 0 Å². The van der Waals surface area contributed by atoms with Crippen LogP contribution < -0.4 is 11.2 Å². The molecule has 2 aliphatic heterocycles. The van der Waals surface area contributed by atoms with Crippen molar-refractivity contribution in [3.05, 3.63) is 32.6 Å². The summed E-state index contributed by atoms with van der Waals surface area (Å²) in [6.45, 7) is -0.784. The van der Waals surface area contributed by atoms with E-state index in [1.807, 2.05) is 0 Å². The molecule has 0 aliphatic carbocycles. The van der Waals surface area contributed by atoms with Gasteiger partial charge in [0, 0.05) is 25.6 Å². The monoisotopic (exact) mass is 486 g/mol. The lowest BCUT2D eigenvalue weighted by molar-refractivity contribution is -0.301. The topological polar surface area (TPSA) is 204 Å². The minimum Gasteiger partial charge on any atom is -0.394 e. The predicted octanol–water partition coefficient (Wildman–Crippen LogP) is -3.48. The van der Waals surface area contributed by atoms with E-state index < -0.39 is 73.6 Å². The van der Waals surface area contributed by atoms with Crippen molar-refractivity contribution in [2.45, 2.75) is 74.8 Å². The normalized spacial score (nSPS) is 33.5. The number of aromatic amines is 1. The third-order valence-corrected chi connectivity index (χ3v) is 5.71. The molecule has 0 radical (unpaired) electrons. The zero-order valence-corrected chi connectivity index (χ0v) is 18.3. The van der Waals surface area contributed by atoms with Crippen LogP contribution in [0.4, 0.5) is 0 Å². The van der Waals surface area contributed by atoms with Crippen molar-refractivity contribution in [2.75, 3.05) is 19.8 Å². The summed E-state index contributed by atoms with van der Waals surface area (Å²) in [5.74, 6) is 5.52. The Labute approximate surface area is 194 Å². The van der Waals surface area contributed by atoms with Crippen LogP contribution in [0.3, 0.4) is 0 Å². The van der Waals surface area contributed by atoms with Crippen LogP contribution in [-0.4, -0.2) is 103 Å². The van der Waals surface area contributed by atoms with Crippen molar-refractivity contribution in [3.63, 3.8) is 0 Å². The van der Waals surface area contributed by atoms with Crippen molar-refractivity contribution in [3.8, 4) is 11.8 Å². The first-order valence-electron chi connectivity index (χ1n) is 11.0. The molecule has 2 aliphatic rings.